The third-order valence-corrected chi connectivity index (χ3v) is 9.03. The Morgan fingerprint density at radius 3 is 2.79 bits per heavy atom. The van der Waals surface area contributed by atoms with Crippen molar-refractivity contribution in [2.75, 3.05) is 25.1 Å². The highest BCUT2D eigenvalue weighted by atomic mass is 32.2. The van der Waals surface area contributed by atoms with E-state index < -0.39 is 0 Å². The van der Waals surface area contributed by atoms with Crippen molar-refractivity contribution < 1.29 is 0 Å². The molecule has 3 aromatic rings. The fourth-order valence-electron chi connectivity index (χ4n) is 5.32. The molecule has 152 valence electrons. The van der Waals surface area contributed by atoms with Gasteiger partial charge in [-0.1, -0.05) is 49.0 Å². The van der Waals surface area contributed by atoms with Gasteiger partial charge in [-0.05, 0) is 73.1 Å². The Kier molecular flexibility index (Phi) is 5.68. The second kappa shape index (κ2) is 8.41. The molecule has 1 N–H and O–H groups in total. The second-order valence-electron chi connectivity index (χ2n) is 8.61. The number of aromatic amines is 1. The molecule has 1 aliphatic heterocycles. The number of likely N-dealkylation sites (tertiary alicyclic amines) is 1. The Balaban J connectivity index is 1.49. The van der Waals surface area contributed by atoms with Gasteiger partial charge < -0.3 is 9.88 Å². The Hall–Kier alpha value is -1.36. The van der Waals surface area contributed by atoms with E-state index >= 15 is 0 Å². The maximum Gasteiger partial charge on any atom is 0.0814 e. The number of rotatable bonds is 6. The van der Waals surface area contributed by atoms with Gasteiger partial charge in [-0.2, -0.15) is 11.8 Å². The van der Waals surface area contributed by atoms with Gasteiger partial charge in [0.25, 0.3) is 0 Å². The molecule has 5 rings (SSSR count). The van der Waals surface area contributed by atoms with Crippen molar-refractivity contribution in [2.45, 2.75) is 48.1 Å². The monoisotopic (exact) mass is 422 g/mol. The number of benzene rings is 2. The van der Waals surface area contributed by atoms with E-state index in [-0.39, 0.29) is 0 Å². The van der Waals surface area contributed by atoms with Crippen LogP contribution in [0.15, 0.2) is 58.5 Å². The standard InChI is InChI=1S/C25H30N2S2/c1-3-12-28-16-17-13-20-19-10-7-11-22-24(19)21(14-23(20)27(2)15-17)25(26-22)29-18-8-5-4-6-9-18/h4-11,17,20,23,26H,3,12-16H2,1-2H3/t17-,20-,23-/m1/s1. The van der Waals surface area contributed by atoms with E-state index in [1.165, 1.54) is 63.7 Å². The summed E-state index contributed by atoms with van der Waals surface area (Å²) in [6, 6.07) is 18.3. The molecule has 0 unspecified atom stereocenters. The van der Waals surface area contributed by atoms with Gasteiger partial charge in [0.2, 0.25) is 0 Å². The van der Waals surface area contributed by atoms with Crippen LogP contribution in [-0.2, 0) is 6.42 Å². The summed E-state index contributed by atoms with van der Waals surface area (Å²) in [5.41, 5.74) is 4.44. The van der Waals surface area contributed by atoms with Gasteiger partial charge in [0.15, 0.2) is 0 Å². The molecule has 3 atom stereocenters. The number of hydrogen-bond acceptors (Lipinski definition) is 3. The SMILES string of the molecule is CCCSC[C@@H]1C[C@@H]2c3cccc4[nH]c(Sc5ccccc5)c(c34)C[C@H]2N(C)C1. The van der Waals surface area contributed by atoms with Gasteiger partial charge >= 0.3 is 0 Å². The van der Waals surface area contributed by atoms with Crippen molar-refractivity contribution in [1.29, 1.82) is 0 Å². The summed E-state index contributed by atoms with van der Waals surface area (Å²) in [4.78, 5) is 7.74. The van der Waals surface area contributed by atoms with E-state index in [2.05, 4.69) is 84.1 Å². The Labute approximate surface area is 182 Å². The summed E-state index contributed by atoms with van der Waals surface area (Å²) >= 11 is 4.03. The summed E-state index contributed by atoms with van der Waals surface area (Å²) < 4.78 is 0. The zero-order valence-corrected chi connectivity index (χ0v) is 19.0. The molecule has 2 heterocycles. The van der Waals surface area contributed by atoms with E-state index in [4.69, 9.17) is 0 Å². The van der Waals surface area contributed by atoms with Crippen LogP contribution in [0.5, 0.6) is 0 Å². The zero-order valence-electron chi connectivity index (χ0n) is 17.4. The Bertz CT molecular complexity index is 981. The maximum absolute atomic E-state index is 3.76. The number of nitrogens with zero attached hydrogens (tertiary/aromatic N) is 1. The predicted octanol–water partition coefficient (Wildman–Crippen LogP) is 6.42. The van der Waals surface area contributed by atoms with Crippen LogP contribution in [0.2, 0.25) is 0 Å². The molecule has 1 saturated heterocycles. The van der Waals surface area contributed by atoms with E-state index in [0.29, 0.717) is 12.0 Å². The minimum absolute atomic E-state index is 0.631. The average Bonchev–Trinajstić information content (AvgIpc) is 3.08. The van der Waals surface area contributed by atoms with Crippen LogP contribution in [0.3, 0.4) is 0 Å². The molecule has 1 fully saturated rings. The first-order valence-corrected chi connectivity index (χ1v) is 12.9. The number of hydrogen-bond donors (Lipinski definition) is 1. The van der Waals surface area contributed by atoms with Crippen molar-refractivity contribution in [1.82, 2.24) is 9.88 Å². The zero-order chi connectivity index (χ0) is 19.8. The van der Waals surface area contributed by atoms with Crippen LogP contribution < -0.4 is 0 Å². The number of nitrogens with one attached hydrogen (secondary N) is 1. The van der Waals surface area contributed by atoms with Crippen molar-refractivity contribution in [3.05, 3.63) is 59.7 Å². The first kappa shape index (κ1) is 19.6. The molecular weight excluding hydrogens is 392 g/mol. The fraction of sp³-hybridized carbons (Fsp3) is 0.440. The molecule has 2 aromatic carbocycles. The maximum atomic E-state index is 3.76. The summed E-state index contributed by atoms with van der Waals surface area (Å²) in [5.74, 6) is 4.09. The number of thioether (sulfide) groups is 1. The summed E-state index contributed by atoms with van der Waals surface area (Å²) in [6.07, 6.45) is 3.80. The van der Waals surface area contributed by atoms with Crippen LogP contribution in [0.25, 0.3) is 10.9 Å². The molecule has 0 amide bonds. The topological polar surface area (TPSA) is 19.0 Å². The van der Waals surface area contributed by atoms with E-state index in [0.717, 1.165) is 5.92 Å². The number of piperidine rings is 1. The fourth-order valence-corrected chi connectivity index (χ4v) is 7.35. The molecular formula is C25H30N2S2. The molecule has 4 heteroatoms. The lowest BCUT2D eigenvalue weighted by molar-refractivity contribution is 0.121. The quantitative estimate of drug-likeness (QED) is 0.462. The van der Waals surface area contributed by atoms with Crippen LogP contribution in [0.1, 0.15) is 36.8 Å². The summed E-state index contributed by atoms with van der Waals surface area (Å²) in [6.45, 7) is 3.53. The highest BCUT2D eigenvalue weighted by Crippen LogP contribution is 2.48. The lowest BCUT2D eigenvalue weighted by Crippen LogP contribution is -2.48. The van der Waals surface area contributed by atoms with Crippen LogP contribution in [0, 0.1) is 5.92 Å². The van der Waals surface area contributed by atoms with Gasteiger partial charge in [-0.25, -0.2) is 0 Å². The number of H-pyrrole nitrogens is 1. The molecule has 0 radical (unpaired) electrons. The van der Waals surface area contributed by atoms with Crippen molar-refractivity contribution in [2.24, 2.45) is 5.92 Å². The first-order chi connectivity index (χ1) is 14.2. The molecule has 29 heavy (non-hydrogen) atoms. The van der Waals surface area contributed by atoms with Crippen molar-refractivity contribution in [3.63, 3.8) is 0 Å². The van der Waals surface area contributed by atoms with Crippen LogP contribution in [0.4, 0.5) is 0 Å². The molecule has 2 aliphatic rings. The second-order valence-corrected chi connectivity index (χ2v) is 10.8. The average molecular weight is 423 g/mol. The molecule has 1 aliphatic carbocycles. The minimum Gasteiger partial charge on any atom is -0.349 e. The van der Waals surface area contributed by atoms with Gasteiger partial charge in [0, 0.05) is 34.3 Å². The smallest absolute Gasteiger partial charge is 0.0814 e. The van der Waals surface area contributed by atoms with Crippen molar-refractivity contribution >= 4 is 34.4 Å². The molecule has 2 nitrogen and oxygen atoms in total. The van der Waals surface area contributed by atoms with Gasteiger partial charge in [0.05, 0.1) is 5.03 Å². The van der Waals surface area contributed by atoms with Gasteiger partial charge in [0.1, 0.15) is 0 Å². The highest BCUT2D eigenvalue weighted by Gasteiger charge is 2.40. The first-order valence-electron chi connectivity index (χ1n) is 10.9. The molecule has 0 saturated carbocycles. The van der Waals surface area contributed by atoms with E-state index in [9.17, 15) is 0 Å². The van der Waals surface area contributed by atoms with E-state index in [1.54, 1.807) is 5.56 Å². The highest BCUT2D eigenvalue weighted by molar-refractivity contribution is 7.99. The van der Waals surface area contributed by atoms with Crippen LogP contribution in [-0.4, -0.2) is 41.0 Å². The van der Waals surface area contributed by atoms with Gasteiger partial charge in [-0.15, -0.1) is 0 Å². The molecule has 0 bridgehead atoms. The largest absolute Gasteiger partial charge is 0.349 e. The number of fused-ring (bicyclic) bond motifs is 2. The third-order valence-electron chi connectivity index (χ3n) is 6.56. The van der Waals surface area contributed by atoms with E-state index in [1.807, 2.05) is 11.8 Å². The van der Waals surface area contributed by atoms with Gasteiger partial charge in [-0.3, -0.25) is 0 Å². The third kappa shape index (κ3) is 3.75. The van der Waals surface area contributed by atoms with Crippen LogP contribution >= 0.6 is 23.5 Å². The minimum atomic E-state index is 0.631. The summed E-state index contributed by atoms with van der Waals surface area (Å²) in [5, 5.41) is 2.86. The predicted molar refractivity (Wildman–Crippen MR) is 127 cm³/mol. The Morgan fingerprint density at radius 1 is 1.10 bits per heavy atom. The lowest BCUT2D eigenvalue weighted by Gasteiger charge is -2.45. The number of aromatic nitrogens is 1. The normalized spacial score (nSPS) is 24.0. The Morgan fingerprint density at radius 2 is 1.97 bits per heavy atom. The molecule has 1 aromatic heterocycles. The molecule has 0 spiro atoms. The number of likely N-dealkylation sites (N-methyl/N-ethyl adjacent to an activating group) is 1. The van der Waals surface area contributed by atoms with Crippen molar-refractivity contribution in [3.8, 4) is 0 Å². The summed E-state index contributed by atoms with van der Waals surface area (Å²) in [7, 11) is 2.36. The lowest BCUT2D eigenvalue weighted by atomic mass is 9.73.